The number of hydrogen-bond donors (Lipinski definition) is 1. The highest BCUT2D eigenvalue weighted by atomic mass is 35.5. The Morgan fingerprint density at radius 2 is 1.95 bits per heavy atom. The van der Waals surface area contributed by atoms with Gasteiger partial charge < -0.3 is 10.2 Å². The monoisotopic (exact) mass is 284 g/mol. The Kier molecular flexibility index (Phi) is 5.02. The molecule has 5 heteroatoms. The van der Waals surface area contributed by atoms with Crippen LogP contribution in [0.5, 0.6) is 0 Å². The van der Waals surface area contributed by atoms with Crippen LogP contribution in [0.15, 0.2) is 18.2 Å². The molecule has 0 atom stereocenters. The fraction of sp³-hybridized carbons (Fsp3) is 0.500. The van der Waals surface area contributed by atoms with Crippen molar-refractivity contribution in [2.45, 2.75) is 25.7 Å². The third-order valence-electron chi connectivity index (χ3n) is 3.32. The second-order valence-electron chi connectivity index (χ2n) is 4.77. The van der Waals surface area contributed by atoms with Gasteiger partial charge in [0.1, 0.15) is 5.82 Å². The summed E-state index contributed by atoms with van der Waals surface area (Å²) < 4.78 is 13.5. The average Bonchev–Trinajstić information content (AvgIpc) is 2.68. The van der Waals surface area contributed by atoms with E-state index in [0.717, 1.165) is 25.9 Å². The summed E-state index contributed by atoms with van der Waals surface area (Å²) in [7, 11) is 0. The van der Waals surface area contributed by atoms with Crippen molar-refractivity contribution >= 4 is 23.2 Å². The van der Waals surface area contributed by atoms with E-state index in [1.54, 1.807) is 0 Å². The summed E-state index contributed by atoms with van der Waals surface area (Å²) in [5.41, 5.74) is 0.274. The molecule has 0 radical (unpaired) electrons. The second-order valence-corrected chi connectivity index (χ2v) is 5.21. The molecule has 0 aliphatic carbocycles. The number of benzene rings is 1. The Morgan fingerprint density at radius 1 is 1.26 bits per heavy atom. The summed E-state index contributed by atoms with van der Waals surface area (Å²) in [5.74, 6) is -0.380. The van der Waals surface area contributed by atoms with Crippen molar-refractivity contribution in [3.8, 4) is 0 Å². The standard InChI is InChI=1S/C14H18ClFN2O/c15-11-5-6-12(16)13(9-11)17-10-14(19)18-7-3-1-2-4-8-18/h5-6,9,17H,1-4,7-8,10H2. The van der Waals surface area contributed by atoms with E-state index in [1.807, 2.05) is 4.90 Å². The Morgan fingerprint density at radius 3 is 2.63 bits per heavy atom. The van der Waals surface area contributed by atoms with Gasteiger partial charge in [0.15, 0.2) is 0 Å². The Hall–Kier alpha value is -1.29. The van der Waals surface area contributed by atoms with Gasteiger partial charge in [0, 0.05) is 18.1 Å². The van der Waals surface area contributed by atoms with Gasteiger partial charge >= 0.3 is 0 Å². The van der Waals surface area contributed by atoms with Gasteiger partial charge in [-0.3, -0.25) is 4.79 Å². The molecule has 1 aromatic rings. The summed E-state index contributed by atoms with van der Waals surface area (Å²) in [4.78, 5) is 13.9. The molecule has 2 rings (SSSR count). The lowest BCUT2D eigenvalue weighted by molar-refractivity contribution is -0.129. The van der Waals surface area contributed by atoms with Gasteiger partial charge in [-0.25, -0.2) is 4.39 Å². The maximum Gasteiger partial charge on any atom is 0.241 e. The molecule has 0 aromatic heterocycles. The van der Waals surface area contributed by atoms with Crippen LogP contribution in [0.1, 0.15) is 25.7 Å². The van der Waals surface area contributed by atoms with E-state index >= 15 is 0 Å². The van der Waals surface area contributed by atoms with E-state index in [-0.39, 0.29) is 18.1 Å². The predicted molar refractivity (Wildman–Crippen MR) is 74.9 cm³/mol. The maximum atomic E-state index is 13.5. The Bertz CT molecular complexity index is 445. The van der Waals surface area contributed by atoms with E-state index in [4.69, 9.17) is 11.6 Å². The summed E-state index contributed by atoms with van der Waals surface area (Å²) in [6.07, 6.45) is 4.47. The molecule has 0 bridgehead atoms. The zero-order valence-corrected chi connectivity index (χ0v) is 11.5. The van der Waals surface area contributed by atoms with Gasteiger partial charge in [-0.05, 0) is 31.0 Å². The molecule has 1 aromatic carbocycles. The number of likely N-dealkylation sites (tertiary alicyclic amines) is 1. The number of carbonyl (C=O) groups is 1. The van der Waals surface area contributed by atoms with Crippen LogP contribution >= 0.6 is 11.6 Å². The zero-order chi connectivity index (χ0) is 13.7. The average molecular weight is 285 g/mol. The number of anilines is 1. The van der Waals surface area contributed by atoms with Crippen molar-refractivity contribution in [1.29, 1.82) is 0 Å². The van der Waals surface area contributed by atoms with Crippen molar-refractivity contribution < 1.29 is 9.18 Å². The fourth-order valence-electron chi connectivity index (χ4n) is 2.24. The minimum Gasteiger partial charge on any atom is -0.374 e. The lowest BCUT2D eigenvalue weighted by Gasteiger charge is -2.20. The van der Waals surface area contributed by atoms with E-state index in [9.17, 15) is 9.18 Å². The fourth-order valence-corrected chi connectivity index (χ4v) is 2.41. The maximum absolute atomic E-state index is 13.5. The van der Waals surface area contributed by atoms with Gasteiger partial charge in [-0.15, -0.1) is 0 Å². The van der Waals surface area contributed by atoms with E-state index < -0.39 is 5.82 Å². The number of carbonyl (C=O) groups excluding carboxylic acids is 1. The third-order valence-corrected chi connectivity index (χ3v) is 3.55. The van der Waals surface area contributed by atoms with Crippen LogP contribution in [0.2, 0.25) is 5.02 Å². The highest BCUT2D eigenvalue weighted by Crippen LogP contribution is 2.19. The molecule has 1 saturated heterocycles. The first-order valence-corrected chi connectivity index (χ1v) is 7.01. The smallest absolute Gasteiger partial charge is 0.241 e. The van der Waals surface area contributed by atoms with Crippen LogP contribution in [0.4, 0.5) is 10.1 Å². The van der Waals surface area contributed by atoms with Crippen molar-refractivity contribution in [2.24, 2.45) is 0 Å². The summed E-state index contributed by atoms with van der Waals surface area (Å²) >= 11 is 5.80. The molecule has 3 nitrogen and oxygen atoms in total. The molecule has 1 aliphatic heterocycles. The van der Waals surface area contributed by atoms with Gasteiger partial charge in [0.25, 0.3) is 0 Å². The largest absolute Gasteiger partial charge is 0.374 e. The van der Waals surface area contributed by atoms with Crippen molar-refractivity contribution in [3.05, 3.63) is 29.0 Å². The van der Waals surface area contributed by atoms with E-state index in [1.165, 1.54) is 31.0 Å². The molecule has 0 spiro atoms. The molecule has 104 valence electrons. The Labute approximate surface area is 117 Å². The van der Waals surface area contributed by atoms with Gasteiger partial charge in [0.05, 0.1) is 12.2 Å². The molecule has 1 aliphatic rings. The lowest BCUT2D eigenvalue weighted by Crippen LogP contribution is -2.36. The van der Waals surface area contributed by atoms with Gasteiger partial charge in [-0.1, -0.05) is 24.4 Å². The first kappa shape index (κ1) is 14.1. The lowest BCUT2D eigenvalue weighted by atomic mass is 10.2. The molecular formula is C14H18ClFN2O. The molecule has 0 saturated carbocycles. The molecular weight excluding hydrogens is 267 g/mol. The number of rotatable bonds is 3. The van der Waals surface area contributed by atoms with Crippen LogP contribution in [0, 0.1) is 5.82 Å². The highest BCUT2D eigenvalue weighted by Gasteiger charge is 2.15. The highest BCUT2D eigenvalue weighted by molar-refractivity contribution is 6.30. The zero-order valence-electron chi connectivity index (χ0n) is 10.8. The Balaban J connectivity index is 1.90. The number of halogens is 2. The summed E-state index contributed by atoms with van der Waals surface area (Å²) in [6, 6.07) is 4.27. The molecule has 1 N–H and O–H groups in total. The van der Waals surface area contributed by atoms with Crippen LogP contribution in [-0.4, -0.2) is 30.4 Å². The minimum atomic E-state index is -0.395. The number of hydrogen-bond acceptors (Lipinski definition) is 2. The normalized spacial score (nSPS) is 16.0. The van der Waals surface area contributed by atoms with Crippen LogP contribution in [-0.2, 0) is 4.79 Å². The molecule has 1 heterocycles. The summed E-state index contributed by atoms with van der Waals surface area (Å²) in [6.45, 7) is 1.72. The quantitative estimate of drug-likeness (QED) is 0.924. The minimum absolute atomic E-state index is 0.0151. The molecule has 19 heavy (non-hydrogen) atoms. The van der Waals surface area contributed by atoms with Crippen molar-refractivity contribution in [2.75, 3.05) is 25.0 Å². The van der Waals surface area contributed by atoms with Gasteiger partial charge in [0.2, 0.25) is 5.91 Å². The second kappa shape index (κ2) is 6.75. The first-order chi connectivity index (χ1) is 9.16. The van der Waals surface area contributed by atoms with Crippen LogP contribution in [0.3, 0.4) is 0 Å². The topological polar surface area (TPSA) is 32.3 Å². The SMILES string of the molecule is O=C(CNc1cc(Cl)ccc1F)N1CCCCCC1. The van der Waals surface area contributed by atoms with Gasteiger partial charge in [-0.2, -0.15) is 0 Å². The first-order valence-electron chi connectivity index (χ1n) is 6.63. The van der Waals surface area contributed by atoms with Crippen molar-refractivity contribution in [3.63, 3.8) is 0 Å². The third kappa shape index (κ3) is 4.10. The summed E-state index contributed by atoms with van der Waals surface area (Å²) in [5, 5.41) is 3.27. The van der Waals surface area contributed by atoms with Crippen LogP contribution in [0.25, 0.3) is 0 Å². The number of nitrogens with one attached hydrogen (secondary N) is 1. The number of nitrogens with zero attached hydrogens (tertiary/aromatic N) is 1. The van der Waals surface area contributed by atoms with E-state index in [2.05, 4.69) is 5.32 Å². The molecule has 1 fully saturated rings. The van der Waals surface area contributed by atoms with Crippen molar-refractivity contribution in [1.82, 2.24) is 4.90 Å². The number of amides is 1. The predicted octanol–water partition coefficient (Wildman–Crippen LogP) is 3.29. The molecule has 1 amide bonds. The van der Waals surface area contributed by atoms with E-state index in [0.29, 0.717) is 5.02 Å². The van der Waals surface area contributed by atoms with Crippen LogP contribution < -0.4 is 5.32 Å². The molecule has 0 unspecified atom stereocenters.